The molecule has 3 rings (SSSR count). The lowest BCUT2D eigenvalue weighted by Crippen LogP contribution is -2.24. The fraction of sp³-hybridized carbons (Fsp3) is 0.276. The summed E-state index contributed by atoms with van der Waals surface area (Å²) in [6, 6.07) is 19.4. The van der Waals surface area contributed by atoms with E-state index in [0.29, 0.717) is 35.0 Å². The number of carbonyl (C=O) groups excluding carboxylic acids is 2. The van der Waals surface area contributed by atoms with Crippen LogP contribution in [0.5, 0.6) is 23.0 Å². The van der Waals surface area contributed by atoms with Crippen molar-refractivity contribution >= 4 is 18.1 Å². The number of hydrogen-bond acceptors (Lipinski definition) is 7. The number of benzene rings is 3. The van der Waals surface area contributed by atoms with Crippen molar-refractivity contribution in [1.29, 1.82) is 0 Å². The molecule has 8 nitrogen and oxygen atoms in total. The van der Waals surface area contributed by atoms with Gasteiger partial charge < -0.3 is 18.9 Å². The Hall–Kier alpha value is -4.33. The maximum atomic E-state index is 12.5. The van der Waals surface area contributed by atoms with Crippen molar-refractivity contribution in [2.24, 2.45) is 5.10 Å². The normalized spacial score (nSPS) is 10.7. The van der Waals surface area contributed by atoms with Crippen molar-refractivity contribution in [3.8, 4) is 23.0 Å². The number of amides is 1. The van der Waals surface area contributed by atoms with E-state index in [9.17, 15) is 9.59 Å². The Labute approximate surface area is 217 Å². The second-order valence-corrected chi connectivity index (χ2v) is 8.09. The summed E-state index contributed by atoms with van der Waals surface area (Å²) in [4.78, 5) is 24.6. The molecule has 0 atom stereocenters. The molecule has 3 aromatic rings. The molecule has 8 heteroatoms. The SMILES string of the molecule is CCCCc1ccc(OCC(=O)N/N=C/c2ccc(OC(=O)c3ccc(OCC)cc3)c(OC)c2)cc1. The second kappa shape index (κ2) is 14.3. The highest BCUT2D eigenvalue weighted by Gasteiger charge is 2.13. The van der Waals surface area contributed by atoms with Crippen LogP contribution in [0.2, 0.25) is 0 Å². The zero-order valence-corrected chi connectivity index (χ0v) is 21.4. The van der Waals surface area contributed by atoms with Gasteiger partial charge in [-0.25, -0.2) is 10.2 Å². The molecular formula is C29H32N2O6. The monoisotopic (exact) mass is 504 g/mol. The van der Waals surface area contributed by atoms with Crippen molar-refractivity contribution < 1.29 is 28.5 Å². The first kappa shape index (κ1) is 27.3. The summed E-state index contributed by atoms with van der Waals surface area (Å²) < 4.78 is 21.7. The van der Waals surface area contributed by atoms with Gasteiger partial charge >= 0.3 is 5.97 Å². The van der Waals surface area contributed by atoms with Gasteiger partial charge in [0, 0.05) is 0 Å². The Kier molecular flexibility index (Phi) is 10.5. The molecular weight excluding hydrogens is 472 g/mol. The fourth-order valence-corrected chi connectivity index (χ4v) is 3.35. The van der Waals surface area contributed by atoms with E-state index in [4.69, 9.17) is 18.9 Å². The number of ether oxygens (including phenoxy) is 4. The average Bonchev–Trinajstić information content (AvgIpc) is 2.92. The largest absolute Gasteiger partial charge is 0.494 e. The molecule has 0 fully saturated rings. The summed E-state index contributed by atoms with van der Waals surface area (Å²) in [6.45, 7) is 4.43. The van der Waals surface area contributed by atoms with E-state index in [1.807, 2.05) is 31.2 Å². The van der Waals surface area contributed by atoms with Gasteiger partial charge in [-0.3, -0.25) is 4.79 Å². The first-order valence-electron chi connectivity index (χ1n) is 12.2. The van der Waals surface area contributed by atoms with E-state index in [-0.39, 0.29) is 18.3 Å². The van der Waals surface area contributed by atoms with Crippen LogP contribution in [0, 0.1) is 0 Å². The summed E-state index contributed by atoms with van der Waals surface area (Å²) >= 11 is 0. The van der Waals surface area contributed by atoms with Gasteiger partial charge in [0.25, 0.3) is 5.91 Å². The minimum Gasteiger partial charge on any atom is -0.494 e. The minimum atomic E-state index is -0.523. The standard InChI is InChI=1S/C29H32N2O6/c1-4-6-7-21-8-13-25(14-9-21)36-20-28(32)31-30-19-22-10-17-26(27(18-22)34-3)37-29(33)23-11-15-24(16-12-23)35-5-2/h8-19H,4-7,20H2,1-3H3,(H,31,32)/b30-19+. The van der Waals surface area contributed by atoms with Gasteiger partial charge in [-0.2, -0.15) is 5.10 Å². The maximum absolute atomic E-state index is 12.5. The van der Waals surface area contributed by atoms with E-state index in [1.165, 1.54) is 18.9 Å². The molecule has 0 radical (unpaired) electrons. The lowest BCUT2D eigenvalue weighted by Gasteiger charge is -2.10. The van der Waals surface area contributed by atoms with E-state index in [2.05, 4.69) is 17.5 Å². The molecule has 1 amide bonds. The molecule has 0 aromatic heterocycles. The maximum Gasteiger partial charge on any atom is 0.343 e. The lowest BCUT2D eigenvalue weighted by molar-refractivity contribution is -0.123. The third kappa shape index (κ3) is 8.68. The molecule has 0 aliphatic heterocycles. The van der Waals surface area contributed by atoms with Crippen LogP contribution in [0.4, 0.5) is 0 Å². The zero-order chi connectivity index (χ0) is 26.5. The molecule has 0 spiro atoms. The summed E-state index contributed by atoms with van der Waals surface area (Å²) in [6.07, 6.45) is 4.78. The number of rotatable bonds is 13. The molecule has 0 aliphatic carbocycles. The van der Waals surface area contributed by atoms with Crippen molar-refractivity contribution in [2.75, 3.05) is 20.3 Å². The Bertz CT molecular complexity index is 1190. The van der Waals surface area contributed by atoms with Crippen molar-refractivity contribution in [1.82, 2.24) is 5.43 Å². The smallest absolute Gasteiger partial charge is 0.343 e. The van der Waals surface area contributed by atoms with Gasteiger partial charge in [0.05, 0.1) is 25.5 Å². The van der Waals surface area contributed by atoms with Crippen LogP contribution in [-0.4, -0.2) is 38.4 Å². The molecule has 194 valence electrons. The van der Waals surface area contributed by atoms with Crippen LogP contribution in [-0.2, 0) is 11.2 Å². The number of hydrazone groups is 1. The Morgan fingerprint density at radius 1 is 0.892 bits per heavy atom. The number of unbranched alkanes of at least 4 members (excludes halogenated alkanes) is 1. The predicted octanol–water partition coefficient (Wildman–Crippen LogP) is 5.18. The highest BCUT2D eigenvalue weighted by molar-refractivity contribution is 5.92. The number of nitrogens with one attached hydrogen (secondary N) is 1. The average molecular weight is 505 g/mol. The highest BCUT2D eigenvalue weighted by atomic mass is 16.6. The van der Waals surface area contributed by atoms with Crippen LogP contribution in [0.15, 0.2) is 71.8 Å². The van der Waals surface area contributed by atoms with Crippen LogP contribution in [0.3, 0.4) is 0 Å². The molecule has 37 heavy (non-hydrogen) atoms. The summed E-state index contributed by atoms with van der Waals surface area (Å²) in [5, 5.41) is 3.96. The quantitative estimate of drug-likeness (QED) is 0.149. The fourth-order valence-electron chi connectivity index (χ4n) is 3.35. The van der Waals surface area contributed by atoms with Gasteiger partial charge in [0.2, 0.25) is 0 Å². The summed E-state index contributed by atoms with van der Waals surface area (Å²) in [5.74, 6) is 0.997. The summed E-state index contributed by atoms with van der Waals surface area (Å²) in [7, 11) is 1.47. The van der Waals surface area contributed by atoms with Crippen LogP contribution >= 0.6 is 0 Å². The molecule has 3 aromatic carbocycles. The lowest BCUT2D eigenvalue weighted by atomic mass is 10.1. The molecule has 0 aliphatic rings. The number of nitrogens with zero attached hydrogens (tertiary/aromatic N) is 1. The van der Waals surface area contributed by atoms with Crippen molar-refractivity contribution in [3.05, 3.63) is 83.4 Å². The van der Waals surface area contributed by atoms with E-state index >= 15 is 0 Å². The van der Waals surface area contributed by atoms with Gasteiger partial charge in [-0.1, -0.05) is 25.5 Å². The van der Waals surface area contributed by atoms with E-state index < -0.39 is 5.97 Å². The minimum absolute atomic E-state index is 0.157. The van der Waals surface area contributed by atoms with Crippen molar-refractivity contribution in [3.63, 3.8) is 0 Å². The predicted molar refractivity (Wildman–Crippen MR) is 142 cm³/mol. The van der Waals surface area contributed by atoms with E-state index in [0.717, 1.165) is 19.3 Å². The second-order valence-electron chi connectivity index (χ2n) is 8.09. The number of aryl methyl sites for hydroxylation is 1. The number of carbonyl (C=O) groups is 2. The van der Waals surface area contributed by atoms with Gasteiger partial charge in [-0.15, -0.1) is 0 Å². The van der Waals surface area contributed by atoms with Gasteiger partial charge in [0.15, 0.2) is 18.1 Å². The molecule has 1 N–H and O–H groups in total. The number of esters is 1. The third-order valence-corrected chi connectivity index (χ3v) is 5.31. The first-order chi connectivity index (χ1) is 18.0. The topological polar surface area (TPSA) is 95.5 Å². The molecule has 0 bridgehead atoms. The Morgan fingerprint density at radius 2 is 1.59 bits per heavy atom. The highest BCUT2D eigenvalue weighted by Crippen LogP contribution is 2.28. The van der Waals surface area contributed by atoms with E-state index in [1.54, 1.807) is 42.5 Å². The number of methoxy groups -OCH3 is 1. The van der Waals surface area contributed by atoms with Crippen LogP contribution < -0.4 is 24.4 Å². The molecule has 0 unspecified atom stereocenters. The van der Waals surface area contributed by atoms with Gasteiger partial charge in [-0.05, 0) is 85.5 Å². The zero-order valence-electron chi connectivity index (χ0n) is 21.4. The molecule has 0 saturated heterocycles. The molecule has 0 saturated carbocycles. The van der Waals surface area contributed by atoms with Crippen LogP contribution in [0.25, 0.3) is 0 Å². The van der Waals surface area contributed by atoms with Gasteiger partial charge in [0.1, 0.15) is 11.5 Å². The molecule has 0 heterocycles. The Balaban J connectivity index is 1.50. The first-order valence-corrected chi connectivity index (χ1v) is 12.2. The number of hydrogen-bond donors (Lipinski definition) is 1. The summed E-state index contributed by atoms with van der Waals surface area (Å²) in [5.41, 5.74) is 4.70. The Morgan fingerprint density at radius 3 is 2.27 bits per heavy atom. The third-order valence-electron chi connectivity index (χ3n) is 5.31. The van der Waals surface area contributed by atoms with Crippen LogP contribution in [0.1, 0.15) is 48.2 Å². The van der Waals surface area contributed by atoms with Crippen molar-refractivity contribution in [2.45, 2.75) is 33.1 Å².